The molecule has 1 heteroatoms. The van der Waals surface area contributed by atoms with Crippen molar-refractivity contribution in [3.05, 3.63) is 83.7 Å². The summed E-state index contributed by atoms with van der Waals surface area (Å²) >= 11 is 0. The van der Waals surface area contributed by atoms with Gasteiger partial charge in [-0.15, -0.1) is 0 Å². The van der Waals surface area contributed by atoms with Crippen molar-refractivity contribution in [2.45, 2.75) is 26.2 Å². The molecule has 0 atom stereocenters. The predicted molar refractivity (Wildman–Crippen MR) is 90.3 cm³/mol. The van der Waals surface area contributed by atoms with Gasteiger partial charge in [0, 0.05) is 30.7 Å². The number of pyridine rings is 1. The number of nitrogens with zero attached hydrogens (tertiary/aromatic N) is 1. The fourth-order valence-corrected chi connectivity index (χ4v) is 3.65. The van der Waals surface area contributed by atoms with E-state index in [1.54, 1.807) is 0 Å². The first-order chi connectivity index (χ1) is 10.6. The van der Waals surface area contributed by atoms with Crippen molar-refractivity contribution >= 4 is 0 Å². The molecule has 1 aromatic heterocycles. The van der Waals surface area contributed by atoms with Gasteiger partial charge in [0.15, 0.2) is 11.4 Å². The standard InChI is InChI=1S/C21H20N/c1-15-13-17(16-9-5-4-6-10-16)14-20-21(2,3)18-11-7-8-12-19(18)22(15)20/h4-14H,1-3H3/q+1. The van der Waals surface area contributed by atoms with Gasteiger partial charge in [-0.05, 0) is 25.0 Å². The van der Waals surface area contributed by atoms with E-state index in [0.717, 1.165) is 0 Å². The Bertz CT molecular complexity index is 860. The largest absolute Gasteiger partial charge is 0.215 e. The van der Waals surface area contributed by atoms with Crippen LogP contribution in [0, 0.1) is 6.92 Å². The summed E-state index contributed by atoms with van der Waals surface area (Å²) in [6.07, 6.45) is 0. The predicted octanol–water partition coefficient (Wildman–Crippen LogP) is 4.58. The highest BCUT2D eigenvalue weighted by Crippen LogP contribution is 2.39. The Morgan fingerprint density at radius 1 is 0.773 bits per heavy atom. The molecule has 0 N–H and O–H groups in total. The lowest BCUT2D eigenvalue weighted by molar-refractivity contribution is -0.606. The third kappa shape index (κ3) is 1.75. The lowest BCUT2D eigenvalue weighted by atomic mass is 9.82. The van der Waals surface area contributed by atoms with Gasteiger partial charge in [0.05, 0.1) is 5.41 Å². The molecule has 2 heterocycles. The van der Waals surface area contributed by atoms with E-state index in [1.165, 1.54) is 33.8 Å². The number of fused-ring (bicyclic) bond motifs is 3. The van der Waals surface area contributed by atoms with Crippen molar-refractivity contribution in [2.75, 3.05) is 0 Å². The van der Waals surface area contributed by atoms with Crippen molar-refractivity contribution in [3.8, 4) is 16.8 Å². The van der Waals surface area contributed by atoms with Gasteiger partial charge in [0.1, 0.15) is 0 Å². The average molecular weight is 286 g/mol. The topological polar surface area (TPSA) is 3.88 Å². The maximum atomic E-state index is 2.40. The summed E-state index contributed by atoms with van der Waals surface area (Å²) in [7, 11) is 0. The van der Waals surface area contributed by atoms with Crippen LogP contribution in [0.5, 0.6) is 0 Å². The molecule has 108 valence electrons. The first-order valence-electron chi connectivity index (χ1n) is 7.81. The number of aryl methyl sites for hydroxylation is 1. The SMILES string of the molecule is Cc1cc(-c2ccccc2)cc2[n+]1-c1ccccc1C2(C)C. The van der Waals surface area contributed by atoms with Gasteiger partial charge >= 0.3 is 0 Å². The quantitative estimate of drug-likeness (QED) is 0.577. The van der Waals surface area contributed by atoms with Gasteiger partial charge in [-0.2, -0.15) is 4.57 Å². The molecule has 0 radical (unpaired) electrons. The van der Waals surface area contributed by atoms with E-state index in [2.05, 4.69) is 92.1 Å². The van der Waals surface area contributed by atoms with E-state index >= 15 is 0 Å². The van der Waals surface area contributed by atoms with Crippen LogP contribution in [0.4, 0.5) is 0 Å². The Morgan fingerprint density at radius 2 is 1.45 bits per heavy atom. The Morgan fingerprint density at radius 3 is 2.23 bits per heavy atom. The molecular formula is C21H20N+. The van der Waals surface area contributed by atoms with E-state index in [4.69, 9.17) is 0 Å². The molecule has 22 heavy (non-hydrogen) atoms. The molecule has 1 aliphatic rings. The summed E-state index contributed by atoms with van der Waals surface area (Å²) < 4.78 is 2.40. The van der Waals surface area contributed by atoms with E-state index < -0.39 is 0 Å². The minimum atomic E-state index is 0.0339. The summed E-state index contributed by atoms with van der Waals surface area (Å²) in [5.41, 5.74) is 7.99. The highest BCUT2D eigenvalue weighted by molar-refractivity contribution is 5.65. The van der Waals surface area contributed by atoms with Crippen molar-refractivity contribution in [1.82, 2.24) is 0 Å². The third-order valence-corrected chi connectivity index (χ3v) is 4.82. The molecule has 0 saturated carbocycles. The molecule has 1 nitrogen and oxygen atoms in total. The number of rotatable bonds is 1. The van der Waals surface area contributed by atoms with Crippen LogP contribution in [0.3, 0.4) is 0 Å². The van der Waals surface area contributed by atoms with Crippen LogP contribution >= 0.6 is 0 Å². The van der Waals surface area contributed by atoms with E-state index in [1.807, 2.05) is 0 Å². The summed E-state index contributed by atoms with van der Waals surface area (Å²) in [5.74, 6) is 0. The Kier molecular flexibility index (Phi) is 2.74. The minimum Gasteiger partial charge on any atom is -0.161 e. The molecule has 0 unspecified atom stereocenters. The van der Waals surface area contributed by atoms with Crippen LogP contribution in [0.1, 0.15) is 30.8 Å². The summed E-state index contributed by atoms with van der Waals surface area (Å²) in [5, 5.41) is 0. The first-order valence-corrected chi connectivity index (χ1v) is 7.81. The summed E-state index contributed by atoms with van der Waals surface area (Å²) in [4.78, 5) is 0. The van der Waals surface area contributed by atoms with E-state index in [-0.39, 0.29) is 5.41 Å². The zero-order valence-corrected chi connectivity index (χ0v) is 13.3. The fraction of sp³-hybridized carbons (Fsp3) is 0.190. The summed E-state index contributed by atoms with van der Waals surface area (Å²) in [6.45, 7) is 6.84. The monoisotopic (exact) mass is 286 g/mol. The van der Waals surface area contributed by atoms with E-state index in [9.17, 15) is 0 Å². The minimum absolute atomic E-state index is 0.0339. The number of para-hydroxylation sites is 1. The van der Waals surface area contributed by atoms with Gasteiger partial charge in [0.25, 0.3) is 0 Å². The maximum absolute atomic E-state index is 2.40. The molecule has 2 aromatic carbocycles. The normalized spacial score (nSPS) is 14.5. The average Bonchev–Trinajstić information content (AvgIpc) is 2.77. The molecule has 0 fully saturated rings. The van der Waals surface area contributed by atoms with Crippen LogP contribution in [0.15, 0.2) is 66.7 Å². The Labute approximate surface area is 131 Å². The molecule has 0 spiro atoms. The molecule has 0 saturated heterocycles. The molecule has 0 aliphatic carbocycles. The molecule has 0 amide bonds. The highest BCUT2D eigenvalue weighted by atomic mass is 15.0. The van der Waals surface area contributed by atoms with Gasteiger partial charge in [0.2, 0.25) is 5.69 Å². The molecule has 4 rings (SSSR count). The van der Waals surface area contributed by atoms with Gasteiger partial charge in [-0.1, -0.05) is 48.5 Å². The second kappa shape index (κ2) is 4.54. The number of aromatic nitrogens is 1. The molecule has 3 aromatic rings. The highest BCUT2D eigenvalue weighted by Gasteiger charge is 2.44. The van der Waals surface area contributed by atoms with Crippen LogP contribution in [-0.4, -0.2) is 0 Å². The van der Waals surface area contributed by atoms with Crippen molar-refractivity contribution in [3.63, 3.8) is 0 Å². The number of benzene rings is 2. The number of hydrogen-bond donors (Lipinski definition) is 0. The van der Waals surface area contributed by atoms with Gasteiger partial charge in [-0.3, -0.25) is 0 Å². The molecule has 0 bridgehead atoms. The van der Waals surface area contributed by atoms with E-state index in [0.29, 0.717) is 0 Å². The smallest absolute Gasteiger partial charge is 0.161 e. The Hall–Kier alpha value is -2.41. The second-order valence-electron chi connectivity index (χ2n) is 6.61. The van der Waals surface area contributed by atoms with Gasteiger partial charge in [-0.25, -0.2) is 0 Å². The van der Waals surface area contributed by atoms with Crippen LogP contribution in [-0.2, 0) is 5.41 Å². The second-order valence-corrected chi connectivity index (χ2v) is 6.61. The zero-order chi connectivity index (χ0) is 15.3. The van der Waals surface area contributed by atoms with Crippen molar-refractivity contribution in [1.29, 1.82) is 0 Å². The first kappa shape index (κ1) is 13.3. The lowest BCUT2D eigenvalue weighted by Gasteiger charge is -2.15. The third-order valence-electron chi connectivity index (χ3n) is 4.82. The van der Waals surface area contributed by atoms with Crippen LogP contribution in [0.2, 0.25) is 0 Å². The Balaban J connectivity index is 2.00. The zero-order valence-electron chi connectivity index (χ0n) is 13.3. The van der Waals surface area contributed by atoms with Gasteiger partial charge < -0.3 is 0 Å². The van der Waals surface area contributed by atoms with Crippen LogP contribution < -0.4 is 4.57 Å². The van der Waals surface area contributed by atoms with Crippen LogP contribution in [0.25, 0.3) is 16.8 Å². The fourth-order valence-electron chi connectivity index (χ4n) is 3.65. The molecule has 1 aliphatic heterocycles. The maximum Gasteiger partial charge on any atom is 0.215 e. The summed E-state index contributed by atoms with van der Waals surface area (Å²) in [6, 6.07) is 24.0. The van der Waals surface area contributed by atoms with Crippen molar-refractivity contribution in [2.24, 2.45) is 0 Å². The lowest BCUT2D eigenvalue weighted by Crippen LogP contribution is -2.37. The van der Waals surface area contributed by atoms with Crippen molar-refractivity contribution < 1.29 is 4.57 Å². The number of hydrogen-bond acceptors (Lipinski definition) is 0. The molecular weight excluding hydrogens is 266 g/mol.